The number of hydrogen-bond donors (Lipinski definition) is 2. The van der Waals surface area contributed by atoms with Crippen molar-refractivity contribution in [1.29, 1.82) is 0 Å². The number of nitrogens with zero attached hydrogens (tertiary/aromatic N) is 1. The lowest BCUT2D eigenvalue weighted by molar-refractivity contribution is -0.137. The van der Waals surface area contributed by atoms with Crippen LogP contribution < -0.4 is 5.32 Å². The van der Waals surface area contributed by atoms with Crippen molar-refractivity contribution in [3.05, 3.63) is 0 Å². The maximum absolute atomic E-state index is 12.2. The van der Waals surface area contributed by atoms with Crippen molar-refractivity contribution in [3.63, 3.8) is 0 Å². The SMILES string of the molecule is COC1CCCC1NC(=O)N(CCC(=O)O)C(C)C. The third-order valence-electron chi connectivity index (χ3n) is 3.51. The number of urea groups is 1. The molecular weight excluding hydrogens is 248 g/mol. The van der Waals surface area contributed by atoms with Gasteiger partial charge in [0.2, 0.25) is 0 Å². The second-order valence-electron chi connectivity index (χ2n) is 5.19. The molecule has 0 aromatic heterocycles. The number of nitrogens with one attached hydrogen (secondary N) is 1. The van der Waals surface area contributed by atoms with Gasteiger partial charge in [-0.3, -0.25) is 4.79 Å². The van der Waals surface area contributed by atoms with E-state index in [-0.39, 0.29) is 37.2 Å². The van der Waals surface area contributed by atoms with Gasteiger partial charge in [-0.1, -0.05) is 0 Å². The van der Waals surface area contributed by atoms with Crippen molar-refractivity contribution in [3.8, 4) is 0 Å². The molecule has 110 valence electrons. The molecule has 0 radical (unpaired) electrons. The summed E-state index contributed by atoms with van der Waals surface area (Å²) >= 11 is 0. The minimum atomic E-state index is -0.894. The summed E-state index contributed by atoms with van der Waals surface area (Å²) in [6.07, 6.45) is 2.94. The summed E-state index contributed by atoms with van der Waals surface area (Å²) in [6, 6.07) is -0.199. The Kier molecular flexibility index (Phi) is 6.08. The van der Waals surface area contributed by atoms with Crippen molar-refractivity contribution in [2.45, 2.75) is 57.7 Å². The van der Waals surface area contributed by atoms with Crippen LogP contribution in [0.3, 0.4) is 0 Å². The first-order chi connectivity index (χ1) is 8.95. The zero-order chi connectivity index (χ0) is 14.4. The van der Waals surface area contributed by atoms with Gasteiger partial charge in [0.1, 0.15) is 0 Å². The van der Waals surface area contributed by atoms with E-state index in [1.807, 2.05) is 13.8 Å². The van der Waals surface area contributed by atoms with Crippen LogP contribution in [0.4, 0.5) is 4.79 Å². The third kappa shape index (κ3) is 4.70. The monoisotopic (exact) mass is 272 g/mol. The van der Waals surface area contributed by atoms with E-state index in [0.29, 0.717) is 0 Å². The number of amides is 2. The predicted molar refractivity (Wildman–Crippen MR) is 71.1 cm³/mol. The van der Waals surface area contributed by atoms with Gasteiger partial charge in [0, 0.05) is 19.7 Å². The van der Waals surface area contributed by atoms with Crippen molar-refractivity contribution < 1.29 is 19.4 Å². The van der Waals surface area contributed by atoms with Gasteiger partial charge < -0.3 is 20.1 Å². The molecule has 19 heavy (non-hydrogen) atoms. The fourth-order valence-corrected chi connectivity index (χ4v) is 2.43. The molecule has 1 aliphatic carbocycles. The summed E-state index contributed by atoms with van der Waals surface area (Å²) in [4.78, 5) is 24.3. The molecule has 0 aromatic carbocycles. The van der Waals surface area contributed by atoms with Crippen molar-refractivity contribution in [2.24, 2.45) is 0 Å². The van der Waals surface area contributed by atoms with Gasteiger partial charge in [-0.05, 0) is 33.1 Å². The smallest absolute Gasteiger partial charge is 0.317 e. The van der Waals surface area contributed by atoms with E-state index in [2.05, 4.69) is 5.32 Å². The lowest BCUT2D eigenvalue weighted by Crippen LogP contribution is -2.50. The molecule has 0 heterocycles. The lowest BCUT2D eigenvalue weighted by Gasteiger charge is -2.29. The highest BCUT2D eigenvalue weighted by Gasteiger charge is 2.30. The van der Waals surface area contributed by atoms with Gasteiger partial charge in [-0.2, -0.15) is 0 Å². The first-order valence-corrected chi connectivity index (χ1v) is 6.77. The number of carbonyl (C=O) groups excluding carboxylic acids is 1. The Hall–Kier alpha value is -1.30. The molecule has 0 spiro atoms. The second kappa shape index (κ2) is 7.33. The van der Waals surface area contributed by atoms with Crippen LogP contribution in [0.25, 0.3) is 0 Å². The van der Waals surface area contributed by atoms with Gasteiger partial charge in [0.25, 0.3) is 0 Å². The number of carbonyl (C=O) groups is 2. The minimum Gasteiger partial charge on any atom is -0.481 e. The molecule has 0 saturated heterocycles. The highest BCUT2D eigenvalue weighted by atomic mass is 16.5. The van der Waals surface area contributed by atoms with Gasteiger partial charge in [0.05, 0.1) is 18.6 Å². The molecule has 2 unspecified atom stereocenters. The Morgan fingerprint density at radius 2 is 2.11 bits per heavy atom. The molecule has 1 saturated carbocycles. The van der Waals surface area contributed by atoms with E-state index in [0.717, 1.165) is 19.3 Å². The number of carboxylic acid groups (broad SMARTS) is 1. The average molecular weight is 272 g/mol. The number of carboxylic acids is 1. The van der Waals surface area contributed by atoms with Crippen molar-refractivity contribution >= 4 is 12.0 Å². The molecular formula is C13H24N2O4. The average Bonchev–Trinajstić information content (AvgIpc) is 2.75. The quantitative estimate of drug-likeness (QED) is 0.767. The normalized spacial score (nSPS) is 22.5. The molecule has 0 aromatic rings. The highest BCUT2D eigenvalue weighted by Crippen LogP contribution is 2.21. The van der Waals surface area contributed by atoms with E-state index in [4.69, 9.17) is 9.84 Å². The van der Waals surface area contributed by atoms with Crippen LogP contribution >= 0.6 is 0 Å². The van der Waals surface area contributed by atoms with Gasteiger partial charge in [-0.25, -0.2) is 4.79 Å². The molecule has 6 heteroatoms. The largest absolute Gasteiger partial charge is 0.481 e. The minimum absolute atomic E-state index is 0.0262. The Morgan fingerprint density at radius 3 is 2.63 bits per heavy atom. The van der Waals surface area contributed by atoms with Crippen LogP contribution in [0.2, 0.25) is 0 Å². The Morgan fingerprint density at radius 1 is 1.42 bits per heavy atom. The summed E-state index contributed by atoms with van der Waals surface area (Å²) in [7, 11) is 1.65. The standard InChI is InChI=1S/C13H24N2O4/c1-9(2)15(8-7-12(16)17)13(18)14-10-5-4-6-11(10)19-3/h9-11H,4-8H2,1-3H3,(H,14,18)(H,16,17). The third-order valence-corrected chi connectivity index (χ3v) is 3.51. The van der Waals surface area contributed by atoms with Gasteiger partial charge >= 0.3 is 12.0 Å². The topological polar surface area (TPSA) is 78.9 Å². The fraction of sp³-hybridized carbons (Fsp3) is 0.846. The van der Waals surface area contributed by atoms with Gasteiger partial charge in [0.15, 0.2) is 0 Å². The maximum Gasteiger partial charge on any atom is 0.317 e. The fourth-order valence-electron chi connectivity index (χ4n) is 2.43. The summed E-state index contributed by atoms with van der Waals surface area (Å²) in [5, 5.41) is 11.7. The number of ether oxygens (including phenoxy) is 1. The zero-order valence-corrected chi connectivity index (χ0v) is 11.9. The predicted octanol–water partition coefficient (Wildman–Crippen LogP) is 1.45. The Bertz CT molecular complexity index is 320. The van der Waals surface area contributed by atoms with E-state index in [1.54, 1.807) is 12.0 Å². The lowest BCUT2D eigenvalue weighted by atomic mass is 10.2. The van der Waals surface area contributed by atoms with Crippen LogP contribution in [0.15, 0.2) is 0 Å². The highest BCUT2D eigenvalue weighted by molar-refractivity contribution is 5.76. The summed E-state index contributed by atoms with van der Waals surface area (Å²) in [5.74, 6) is -0.894. The maximum atomic E-state index is 12.2. The molecule has 1 fully saturated rings. The molecule has 0 aliphatic heterocycles. The second-order valence-corrected chi connectivity index (χ2v) is 5.19. The van der Waals surface area contributed by atoms with Crippen LogP contribution in [-0.4, -0.2) is 53.8 Å². The summed E-state index contributed by atoms with van der Waals surface area (Å²) in [6.45, 7) is 3.98. The summed E-state index contributed by atoms with van der Waals surface area (Å²) in [5.41, 5.74) is 0. The van der Waals surface area contributed by atoms with Crippen molar-refractivity contribution in [1.82, 2.24) is 10.2 Å². The number of aliphatic carboxylic acids is 1. The number of methoxy groups -OCH3 is 1. The molecule has 0 bridgehead atoms. The Balaban J connectivity index is 2.54. The zero-order valence-electron chi connectivity index (χ0n) is 11.9. The van der Waals surface area contributed by atoms with E-state index in [1.165, 1.54) is 0 Å². The Labute approximate surface area is 114 Å². The number of hydrogen-bond acceptors (Lipinski definition) is 3. The first-order valence-electron chi connectivity index (χ1n) is 6.77. The molecule has 2 amide bonds. The van der Waals surface area contributed by atoms with E-state index >= 15 is 0 Å². The van der Waals surface area contributed by atoms with Crippen LogP contribution in [0, 0.1) is 0 Å². The molecule has 1 aliphatic rings. The molecule has 2 atom stereocenters. The van der Waals surface area contributed by atoms with Crippen LogP contribution in [-0.2, 0) is 9.53 Å². The van der Waals surface area contributed by atoms with Crippen LogP contribution in [0.1, 0.15) is 39.5 Å². The van der Waals surface area contributed by atoms with E-state index in [9.17, 15) is 9.59 Å². The molecule has 6 nitrogen and oxygen atoms in total. The van der Waals surface area contributed by atoms with E-state index < -0.39 is 5.97 Å². The number of rotatable bonds is 6. The molecule has 1 rings (SSSR count). The summed E-state index contributed by atoms with van der Waals surface area (Å²) < 4.78 is 5.34. The van der Waals surface area contributed by atoms with Crippen molar-refractivity contribution in [2.75, 3.05) is 13.7 Å². The van der Waals surface area contributed by atoms with Crippen LogP contribution in [0.5, 0.6) is 0 Å². The van der Waals surface area contributed by atoms with Gasteiger partial charge in [-0.15, -0.1) is 0 Å². The molecule has 2 N–H and O–H groups in total. The first kappa shape index (κ1) is 15.8.